The van der Waals surface area contributed by atoms with Gasteiger partial charge in [0.15, 0.2) is 6.10 Å². The molecular weight excluding hydrogens is 360 g/mol. The summed E-state index contributed by atoms with van der Waals surface area (Å²) in [4.78, 5) is 27.8. The molecule has 1 N–H and O–H groups in total. The van der Waals surface area contributed by atoms with Crippen LogP contribution in [-0.4, -0.2) is 37.3 Å². The van der Waals surface area contributed by atoms with Crippen molar-refractivity contribution in [2.75, 3.05) is 24.2 Å². The normalized spacial score (nSPS) is 17.7. The Hall–Kier alpha value is -2.47. The van der Waals surface area contributed by atoms with Crippen LogP contribution in [0.25, 0.3) is 0 Å². The number of thioether (sulfide) groups is 1. The maximum Gasteiger partial charge on any atom is 0.262 e. The van der Waals surface area contributed by atoms with Gasteiger partial charge in [-0.3, -0.25) is 9.59 Å². The van der Waals surface area contributed by atoms with Crippen molar-refractivity contribution < 1.29 is 14.3 Å². The predicted molar refractivity (Wildman–Crippen MR) is 106 cm³/mol. The molecule has 0 saturated heterocycles. The van der Waals surface area contributed by atoms with Gasteiger partial charge in [0, 0.05) is 11.9 Å². The van der Waals surface area contributed by atoms with Crippen LogP contribution in [0.1, 0.15) is 17.5 Å². The number of benzene rings is 2. The van der Waals surface area contributed by atoms with Gasteiger partial charge in [-0.05, 0) is 54.7 Å². The van der Waals surface area contributed by atoms with Gasteiger partial charge in [-0.15, -0.1) is 11.8 Å². The van der Waals surface area contributed by atoms with Gasteiger partial charge in [0.2, 0.25) is 5.91 Å². The lowest BCUT2D eigenvalue weighted by molar-refractivity contribution is -0.127. The van der Waals surface area contributed by atoms with Gasteiger partial charge in [-0.1, -0.05) is 18.2 Å². The van der Waals surface area contributed by atoms with Crippen LogP contribution >= 0.6 is 11.8 Å². The topological polar surface area (TPSA) is 58.6 Å². The number of nitrogens with zero attached hydrogens (tertiary/aromatic N) is 1. The Bertz CT molecular complexity index is 883. The number of carbonyl (C=O) groups is 2. The van der Waals surface area contributed by atoms with E-state index in [1.54, 1.807) is 29.8 Å². The van der Waals surface area contributed by atoms with E-state index >= 15 is 0 Å². The van der Waals surface area contributed by atoms with Crippen LogP contribution in [0.2, 0.25) is 0 Å². The molecular formula is C21H22N2O3S. The van der Waals surface area contributed by atoms with Gasteiger partial charge in [-0.2, -0.15) is 0 Å². The third kappa shape index (κ3) is 3.67. The standard InChI is InChI=1S/C21H22N2O3S/c1-22-21(25)19-12-23(17-7-2-3-8-18(17)26-19)20(24)13-27-16-10-9-14-5-4-6-15(14)11-16/h2-3,7-11,19H,4-6,12-13H2,1H3,(H,22,25)/t19-/m1/s1. The fourth-order valence-electron chi connectivity index (χ4n) is 3.63. The van der Waals surface area contributed by atoms with Crippen LogP contribution in [-0.2, 0) is 22.4 Å². The van der Waals surface area contributed by atoms with Crippen LogP contribution in [0.4, 0.5) is 5.69 Å². The number of rotatable bonds is 4. The van der Waals surface area contributed by atoms with E-state index in [1.807, 2.05) is 18.2 Å². The Morgan fingerprint density at radius 3 is 2.85 bits per heavy atom. The maximum absolute atomic E-state index is 12.9. The van der Waals surface area contributed by atoms with E-state index in [-0.39, 0.29) is 18.4 Å². The molecule has 0 unspecified atom stereocenters. The summed E-state index contributed by atoms with van der Waals surface area (Å²) in [6.45, 7) is 0.222. The highest BCUT2D eigenvalue weighted by Gasteiger charge is 2.33. The molecule has 1 aliphatic heterocycles. The van der Waals surface area contributed by atoms with E-state index in [9.17, 15) is 9.59 Å². The Morgan fingerprint density at radius 1 is 1.19 bits per heavy atom. The number of carbonyl (C=O) groups excluding carboxylic acids is 2. The minimum Gasteiger partial charge on any atom is -0.477 e. The molecule has 0 aromatic heterocycles. The third-order valence-electron chi connectivity index (χ3n) is 5.05. The number of likely N-dealkylation sites (N-methyl/N-ethyl adjacent to an activating group) is 1. The van der Waals surface area contributed by atoms with Crippen molar-refractivity contribution >= 4 is 29.3 Å². The molecule has 2 aromatic carbocycles. The van der Waals surface area contributed by atoms with E-state index in [0.717, 1.165) is 23.4 Å². The van der Waals surface area contributed by atoms with Gasteiger partial charge in [0.25, 0.3) is 5.91 Å². The zero-order valence-corrected chi connectivity index (χ0v) is 16.1. The van der Waals surface area contributed by atoms with Crippen molar-refractivity contribution in [3.05, 3.63) is 53.6 Å². The van der Waals surface area contributed by atoms with Crippen molar-refractivity contribution in [3.8, 4) is 5.75 Å². The number of para-hydroxylation sites is 2. The number of hydrogen-bond donors (Lipinski definition) is 1. The summed E-state index contributed by atoms with van der Waals surface area (Å²) in [5.74, 6) is 0.639. The first-order valence-electron chi connectivity index (χ1n) is 9.18. The van der Waals surface area contributed by atoms with Crippen molar-refractivity contribution in [2.24, 2.45) is 0 Å². The average Bonchev–Trinajstić information content (AvgIpc) is 3.18. The summed E-state index contributed by atoms with van der Waals surface area (Å²) < 4.78 is 5.77. The van der Waals surface area contributed by atoms with Gasteiger partial charge in [0.05, 0.1) is 18.0 Å². The van der Waals surface area contributed by atoms with E-state index < -0.39 is 6.10 Å². The number of fused-ring (bicyclic) bond motifs is 2. The number of hydrogen-bond acceptors (Lipinski definition) is 4. The van der Waals surface area contributed by atoms with E-state index in [4.69, 9.17) is 4.74 Å². The highest BCUT2D eigenvalue weighted by Crippen LogP contribution is 2.34. The fraction of sp³-hybridized carbons (Fsp3) is 0.333. The van der Waals surface area contributed by atoms with E-state index in [0.29, 0.717) is 11.5 Å². The van der Waals surface area contributed by atoms with Crippen LogP contribution in [0, 0.1) is 0 Å². The number of amides is 2. The summed E-state index contributed by atoms with van der Waals surface area (Å²) >= 11 is 1.55. The molecule has 140 valence electrons. The van der Waals surface area contributed by atoms with Gasteiger partial charge in [-0.25, -0.2) is 0 Å². The molecule has 4 rings (SSSR count). The van der Waals surface area contributed by atoms with Crippen molar-refractivity contribution in [2.45, 2.75) is 30.3 Å². The van der Waals surface area contributed by atoms with E-state index in [1.165, 1.54) is 17.5 Å². The van der Waals surface area contributed by atoms with Gasteiger partial charge >= 0.3 is 0 Å². The molecule has 6 heteroatoms. The second-order valence-electron chi connectivity index (χ2n) is 6.77. The molecule has 0 fully saturated rings. The zero-order valence-electron chi connectivity index (χ0n) is 15.2. The summed E-state index contributed by atoms with van der Waals surface area (Å²) in [6, 6.07) is 13.8. The Balaban J connectivity index is 1.49. The second kappa shape index (κ2) is 7.64. The highest BCUT2D eigenvalue weighted by molar-refractivity contribution is 8.00. The molecule has 1 atom stereocenters. The molecule has 2 aliphatic rings. The summed E-state index contributed by atoms with van der Waals surface area (Å²) in [5.41, 5.74) is 3.56. The molecule has 1 aliphatic carbocycles. The summed E-state index contributed by atoms with van der Waals surface area (Å²) in [6.07, 6.45) is 2.81. The SMILES string of the molecule is CNC(=O)[C@H]1CN(C(=O)CSc2ccc3c(c2)CCC3)c2ccccc2O1. The first-order chi connectivity index (χ1) is 13.2. The number of aryl methyl sites for hydroxylation is 2. The molecule has 0 bridgehead atoms. The monoisotopic (exact) mass is 382 g/mol. The number of anilines is 1. The molecule has 5 nitrogen and oxygen atoms in total. The lowest BCUT2D eigenvalue weighted by atomic mass is 10.1. The smallest absolute Gasteiger partial charge is 0.262 e. The van der Waals surface area contributed by atoms with Crippen molar-refractivity contribution in [1.29, 1.82) is 0 Å². The number of ether oxygens (including phenoxy) is 1. The molecule has 0 radical (unpaired) electrons. The van der Waals surface area contributed by atoms with Crippen molar-refractivity contribution in [3.63, 3.8) is 0 Å². The zero-order chi connectivity index (χ0) is 18.8. The fourth-order valence-corrected chi connectivity index (χ4v) is 4.46. The van der Waals surface area contributed by atoms with Crippen LogP contribution < -0.4 is 15.0 Å². The third-order valence-corrected chi connectivity index (χ3v) is 6.02. The predicted octanol–water partition coefficient (Wildman–Crippen LogP) is 2.81. The van der Waals surface area contributed by atoms with Gasteiger partial charge in [0.1, 0.15) is 5.75 Å². The molecule has 2 aromatic rings. The maximum atomic E-state index is 12.9. The minimum atomic E-state index is -0.696. The van der Waals surface area contributed by atoms with Crippen LogP contribution in [0.5, 0.6) is 5.75 Å². The minimum absolute atomic E-state index is 0.0230. The largest absolute Gasteiger partial charge is 0.477 e. The summed E-state index contributed by atoms with van der Waals surface area (Å²) in [5, 5.41) is 2.60. The second-order valence-corrected chi connectivity index (χ2v) is 7.81. The molecule has 1 heterocycles. The lowest BCUT2D eigenvalue weighted by Crippen LogP contribution is -2.50. The molecule has 0 saturated carbocycles. The average molecular weight is 382 g/mol. The number of nitrogens with one attached hydrogen (secondary N) is 1. The van der Waals surface area contributed by atoms with Crippen LogP contribution in [0.15, 0.2) is 47.4 Å². The molecule has 27 heavy (non-hydrogen) atoms. The first-order valence-corrected chi connectivity index (χ1v) is 10.2. The Kier molecular flexibility index (Phi) is 5.07. The highest BCUT2D eigenvalue weighted by atomic mass is 32.2. The van der Waals surface area contributed by atoms with E-state index in [2.05, 4.69) is 23.5 Å². The lowest BCUT2D eigenvalue weighted by Gasteiger charge is -2.34. The first kappa shape index (κ1) is 17.9. The van der Waals surface area contributed by atoms with Crippen LogP contribution in [0.3, 0.4) is 0 Å². The quantitative estimate of drug-likeness (QED) is 0.826. The molecule has 0 spiro atoms. The van der Waals surface area contributed by atoms with Crippen molar-refractivity contribution in [1.82, 2.24) is 5.32 Å². The Labute approximate surface area is 163 Å². The summed E-state index contributed by atoms with van der Waals surface area (Å²) in [7, 11) is 1.57. The molecule has 2 amide bonds. The Morgan fingerprint density at radius 2 is 2.00 bits per heavy atom. The van der Waals surface area contributed by atoms with Gasteiger partial charge < -0.3 is 15.0 Å².